The van der Waals surface area contributed by atoms with Gasteiger partial charge in [0.05, 0.1) is 0 Å². The Labute approximate surface area is 161 Å². The first kappa shape index (κ1) is 20.5. The molecule has 2 rings (SSSR count). The van der Waals surface area contributed by atoms with Crippen molar-refractivity contribution in [3.8, 4) is 5.75 Å². The molecule has 2 amide bonds. The lowest BCUT2D eigenvalue weighted by Crippen LogP contribution is -2.45. The van der Waals surface area contributed by atoms with Crippen molar-refractivity contribution in [2.45, 2.75) is 45.8 Å². The van der Waals surface area contributed by atoms with Gasteiger partial charge in [0.15, 0.2) is 0 Å². The Morgan fingerprint density at radius 3 is 2.37 bits per heavy atom. The molecule has 1 atom stereocenters. The van der Waals surface area contributed by atoms with Gasteiger partial charge in [-0.25, -0.2) is 0 Å². The summed E-state index contributed by atoms with van der Waals surface area (Å²) in [5, 5.41) is 5.51. The molecule has 0 bridgehead atoms. The van der Waals surface area contributed by atoms with Gasteiger partial charge < -0.3 is 15.4 Å². The second-order valence-corrected chi connectivity index (χ2v) is 6.50. The SMILES string of the molecule is CCCNC(=O)C(C)NC(=O)CCc1ccc(OCc2ccccc2)cc1. The molecule has 0 fully saturated rings. The number of rotatable bonds is 10. The van der Waals surface area contributed by atoms with E-state index in [-0.39, 0.29) is 11.8 Å². The van der Waals surface area contributed by atoms with Gasteiger partial charge >= 0.3 is 0 Å². The molecule has 0 aliphatic heterocycles. The van der Waals surface area contributed by atoms with Crippen molar-refractivity contribution in [1.82, 2.24) is 10.6 Å². The number of hydrogen-bond acceptors (Lipinski definition) is 3. The van der Waals surface area contributed by atoms with Gasteiger partial charge in [0, 0.05) is 13.0 Å². The predicted octanol–water partition coefficient (Wildman–Crippen LogP) is 3.23. The summed E-state index contributed by atoms with van der Waals surface area (Å²) in [6.07, 6.45) is 1.83. The summed E-state index contributed by atoms with van der Waals surface area (Å²) in [5.74, 6) is 0.525. The summed E-state index contributed by atoms with van der Waals surface area (Å²) in [5.41, 5.74) is 2.18. The average molecular weight is 368 g/mol. The van der Waals surface area contributed by atoms with E-state index in [2.05, 4.69) is 10.6 Å². The number of hydrogen-bond donors (Lipinski definition) is 2. The van der Waals surface area contributed by atoms with Crippen LogP contribution in [0.3, 0.4) is 0 Å². The van der Waals surface area contributed by atoms with Gasteiger partial charge in [-0.2, -0.15) is 0 Å². The molecule has 2 aromatic carbocycles. The van der Waals surface area contributed by atoms with Crippen LogP contribution in [0.5, 0.6) is 5.75 Å². The van der Waals surface area contributed by atoms with Crippen molar-refractivity contribution in [2.75, 3.05) is 6.54 Å². The van der Waals surface area contributed by atoms with E-state index in [1.807, 2.05) is 61.5 Å². The molecule has 0 aromatic heterocycles. The minimum atomic E-state index is -0.516. The number of carbonyl (C=O) groups is 2. The van der Waals surface area contributed by atoms with E-state index in [1.165, 1.54) is 0 Å². The quantitative estimate of drug-likeness (QED) is 0.677. The van der Waals surface area contributed by atoms with Crippen LogP contribution in [0, 0.1) is 0 Å². The van der Waals surface area contributed by atoms with Crippen LogP contribution in [0.4, 0.5) is 0 Å². The van der Waals surface area contributed by atoms with Gasteiger partial charge in [-0.3, -0.25) is 9.59 Å². The molecule has 27 heavy (non-hydrogen) atoms. The first-order chi connectivity index (χ1) is 13.1. The summed E-state index contributed by atoms with van der Waals surface area (Å²) < 4.78 is 5.76. The Balaban J connectivity index is 1.72. The fraction of sp³-hybridized carbons (Fsp3) is 0.364. The summed E-state index contributed by atoms with van der Waals surface area (Å²) in [7, 11) is 0. The maximum Gasteiger partial charge on any atom is 0.242 e. The van der Waals surface area contributed by atoms with E-state index in [9.17, 15) is 9.59 Å². The Hall–Kier alpha value is -2.82. The molecule has 0 spiro atoms. The molecular weight excluding hydrogens is 340 g/mol. The molecule has 0 aliphatic rings. The number of carbonyl (C=O) groups excluding carboxylic acids is 2. The molecule has 0 saturated heterocycles. The summed E-state index contributed by atoms with van der Waals surface area (Å²) in [6, 6.07) is 17.2. The summed E-state index contributed by atoms with van der Waals surface area (Å²) >= 11 is 0. The van der Waals surface area contributed by atoms with E-state index >= 15 is 0 Å². The number of benzene rings is 2. The maximum atomic E-state index is 12.0. The molecule has 0 heterocycles. The largest absolute Gasteiger partial charge is 0.489 e. The Morgan fingerprint density at radius 1 is 1.00 bits per heavy atom. The zero-order valence-electron chi connectivity index (χ0n) is 16.0. The highest BCUT2D eigenvalue weighted by Gasteiger charge is 2.14. The van der Waals surface area contributed by atoms with Crippen LogP contribution in [-0.2, 0) is 22.6 Å². The van der Waals surface area contributed by atoms with Gasteiger partial charge in [-0.1, -0.05) is 49.4 Å². The number of aryl methyl sites for hydroxylation is 1. The maximum absolute atomic E-state index is 12.0. The van der Waals surface area contributed by atoms with Crippen LogP contribution in [0.2, 0.25) is 0 Å². The molecule has 5 nitrogen and oxygen atoms in total. The third-order valence-corrected chi connectivity index (χ3v) is 4.13. The Bertz CT molecular complexity index is 714. The smallest absolute Gasteiger partial charge is 0.242 e. The van der Waals surface area contributed by atoms with E-state index in [0.29, 0.717) is 26.0 Å². The van der Waals surface area contributed by atoms with E-state index in [4.69, 9.17) is 4.74 Å². The fourth-order valence-corrected chi connectivity index (χ4v) is 2.53. The van der Waals surface area contributed by atoms with Crippen molar-refractivity contribution in [3.05, 3.63) is 65.7 Å². The van der Waals surface area contributed by atoms with Crippen molar-refractivity contribution in [1.29, 1.82) is 0 Å². The lowest BCUT2D eigenvalue weighted by atomic mass is 10.1. The zero-order valence-corrected chi connectivity index (χ0v) is 16.0. The first-order valence-electron chi connectivity index (χ1n) is 9.41. The molecule has 2 N–H and O–H groups in total. The topological polar surface area (TPSA) is 67.4 Å². The highest BCUT2D eigenvalue weighted by atomic mass is 16.5. The highest BCUT2D eigenvalue weighted by molar-refractivity contribution is 5.87. The lowest BCUT2D eigenvalue weighted by Gasteiger charge is -2.13. The van der Waals surface area contributed by atoms with E-state index in [0.717, 1.165) is 23.3 Å². The molecule has 2 aromatic rings. The second kappa shape index (κ2) is 11.0. The Morgan fingerprint density at radius 2 is 1.70 bits per heavy atom. The van der Waals surface area contributed by atoms with E-state index < -0.39 is 6.04 Å². The van der Waals surface area contributed by atoms with Crippen LogP contribution in [0.1, 0.15) is 37.8 Å². The lowest BCUT2D eigenvalue weighted by molar-refractivity contribution is -0.128. The minimum Gasteiger partial charge on any atom is -0.489 e. The zero-order chi connectivity index (χ0) is 19.5. The van der Waals surface area contributed by atoms with Gasteiger partial charge in [-0.05, 0) is 43.0 Å². The second-order valence-electron chi connectivity index (χ2n) is 6.50. The number of amides is 2. The molecule has 144 valence electrons. The van der Waals surface area contributed by atoms with Crippen molar-refractivity contribution >= 4 is 11.8 Å². The van der Waals surface area contributed by atoms with Crippen molar-refractivity contribution in [2.24, 2.45) is 0 Å². The average Bonchev–Trinajstić information content (AvgIpc) is 2.70. The molecule has 5 heteroatoms. The molecule has 1 unspecified atom stereocenters. The molecule has 0 aliphatic carbocycles. The number of ether oxygens (including phenoxy) is 1. The van der Waals surface area contributed by atoms with Gasteiger partial charge in [0.1, 0.15) is 18.4 Å². The molecular formula is C22H28N2O3. The van der Waals surface area contributed by atoms with E-state index in [1.54, 1.807) is 6.92 Å². The monoisotopic (exact) mass is 368 g/mol. The summed E-state index contributed by atoms with van der Waals surface area (Å²) in [6.45, 7) is 4.83. The normalized spacial score (nSPS) is 11.5. The van der Waals surface area contributed by atoms with Crippen LogP contribution in [0.25, 0.3) is 0 Å². The van der Waals surface area contributed by atoms with Crippen LogP contribution in [-0.4, -0.2) is 24.4 Å². The van der Waals surface area contributed by atoms with Crippen molar-refractivity contribution < 1.29 is 14.3 Å². The van der Waals surface area contributed by atoms with Crippen molar-refractivity contribution in [3.63, 3.8) is 0 Å². The number of nitrogens with one attached hydrogen (secondary N) is 2. The fourth-order valence-electron chi connectivity index (χ4n) is 2.53. The third kappa shape index (κ3) is 7.52. The molecule has 0 radical (unpaired) electrons. The first-order valence-corrected chi connectivity index (χ1v) is 9.41. The van der Waals surface area contributed by atoms with Crippen LogP contribution in [0.15, 0.2) is 54.6 Å². The van der Waals surface area contributed by atoms with Crippen LogP contribution >= 0.6 is 0 Å². The predicted molar refractivity (Wildman–Crippen MR) is 106 cm³/mol. The van der Waals surface area contributed by atoms with Gasteiger partial charge in [-0.15, -0.1) is 0 Å². The van der Waals surface area contributed by atoms with Gasteiger partial charge in [0.2, 0.25) is 11.8 Å². The third-order valence-electron chi connectivity index (χ3n) is 4.13. The summed E-state index contributed by atoms with van der Waals surface area (Å²) in [4.78, 5) is 23.8. The van der Waals surface area contributed by atoms with Crippen LogP contribution < -0.4 is 15.4 Å². The minimum absolute atomic E-state index is 0.126. The molecule has 0 saturated carbocycles. The highest BCUT2D eigenvalue weighted by Crippen LogP contribution is 2.15. The standard InChI is InChI=1S/C22H28N2O3/c1-3-15-23-22(26)17(2)24-21(25)14-11-18-9-12-20(13-10-18)27-16-19-7-5-4-6-8-19/h4-10,12-13,17H,3,11,14-16H2,1-2H3,(H,23,26)(H,24,25). The van der Waals surface area contributed by atoms with Gasteiger partial charge in [0.25, 0.3) is 0 Å². The Kier molecular flexibility index (Phi) is 8.36.